The quantitative estimate of drug-likeness (QED) is 0.822. The fraction of sp³-hybridized carbons (Fsp3) is 0.421. The lowest BCUT2D eigenvalue weighted by atomic mass is 9.93. The summed E-state index contributed by atoms with van der Waals surface area (Å²) in [6, 6.07) is 10.3. The molecule has 0 bridgehead atoms. The molecule has 140 valence electrons. The van der Waals surface area contributed by atoms with Gasteiger partial charge in [-0.3, -0.25) is 4.98 Å². The summed E-state index contributed by atoms with van der Waals surface area (Å²) >= 11 is 0. The summed E-state index contributed by atoms with van der Waals surface area (Å²) in [5.74, 6) is -0.214. The molecule has 5 nitrogen and oxygen atoms in total. The van der Waals surface area contributed by atoms with E-state index in [9.17, 15) is 12.8 Å². The molecule has 0 saturated carbocycles. The number of hydrogen-bond acceptors (Lipinski definition) is 3. The molecule has 1 aromatic heterocycles. The predicted octanol–water partition coefficient (Wildman–Crippen LogP) is 3.18. The monoisotopic (exact) mass is 377 g/mol. The Morgan fingerprint density at radius 3 is 2.50 bits per heavy atom. The first-order valence-corrected chi connectivity index (χ1v) is 10.1. The van der Waals surface area contributed by atoms with Gasteiger partial charge in [0.2, 0.25) is 0 Å². The Balaban J connectivity index is 1.90. The lowest BCUT2D eigenvalue weighted by molar-refractivity contribution is 0.296. The molecule has 1 aromatic carbocycles. The molecule has 0 spiro atoms. The summed E-state index contributed by atoms with van der Waals surface area (Å²) in [6.45, 7) is 2.89. The zero-order valence-electron chi connectivity index (χ0n) is 15.3. The van der Waals surface area contributed by atoms with Gasteiger partial charge in [0.15, 0.2) is 0 Å². The topological polar surface area (TPSA) is 53.5 Å². The third-order valence-corrected chi connectivity index (χ3v) is 6.65. The van der Waals surface area contributed by atoms with Gasteiger partial charge in [0.05, 0.1) is 0 Å². The average Bonchev–Trinajstić information content (AvgIpc) is 2.62. The average molecular weight is 377 g/mol. The van der Waals surface area contributed by atoms with E-state index < -0.39 is 10.2 Å². The first kappa shape index (κ1) is 18.9. The van der Waals surface area contributed by atoms with Crippen LogP contribution in [0.5, 0.6) is 0 Å². The second kappa shape index (κ2) is 7.42. The van der Waals surface area contributed by atoms with Crippen molar-refractivity contribution in [1.82, 2.24) is 13.6 Å². The van der Waals surface area contributed by atoms with Crippen LogP contribution in [0.3, 0.4) is 0 Å². The van der Waals surface area contributed by atoms with E-state index in [1.807, 2.05) is 19.1 Å². The van der Waals surface area contributed by atoms with Crippen LogP contribution >= 0.6 is 0 Å². The van der Waals surface area contributed by atoms with Crippen LogP contribution < -0.4 is 0 Å². The Labute approximate surface area is 154 Å². The maximum Gasteiger partial charge on any atom is 0.281 e. The molecule has 1 fully saturated rings. The molecule has 1 saturated heterocycles. The maximum atomic E-state index is 13.2. The summed E-state index contributed by atoms with van der Waals surface area (Å²) in [5, 5.41) is 0. The molecule has 1 aliphatic rings. The van der Waals surface area contributed by atoms with Gasteiger partial charge in [-0.1, -0.05) is 12.1 Å². The summed E-state index contributed by atoms with van der Waals surface area (Å²) < 4.78 is 40.9. The van der Waals surface area contributed by atoms with Crippen LogP contribution in [0.1, 0.15) is 30.1 Å². The standard InChI is InChI=1S/C19H24FN3O2S/c1-14-11-17(15-6-8-18(20)9-7-15)12-19(21-14)16-5-4-10-23(13-16)26(24,25)22(2)3/h6-9,11-12,16H,4-5,10,13H2,1-3H3/t16-/m0/s1. The highest BCUT2D eigenvalue weighted by Gasteiger charge is 2.31. The molecule has 0 aliphatic carbocycles. The molecule has 1 aliphatic heterocycles. The molecule has 0 unspecified atom stereocenters. The minimum absolute atomic E-state index is 0.0533. The van der Waals surface area contributed by atoms with E-state index in [1.54, 1.807) is 26.2 Å². The van der Waals surface area contributed by atoms with Crippen molar-refractivity contribution < 1.29 is 12.8 Å². The fourth-order valence-corrected chi connectivity index (χ4v) is 4.53. The van der Waals surface area contributed by atoms with Crippen LogP contribution in [0.25, 0.3) is 11.1 Å². The third-order valence-electron chi connectivity index (χ3n) is 4.74. The Morgan fingerprint density at radius 2 is 1.85 bits per heavy atom. The lowest BCUT2D eigenvalue weighted by Crippen LogP contribution is -2.45. The minimum atomic E-state index is -3.42. The molecule has 3 rings (SSSR count). The number of aromatic nitrogens is 1. The minimum Gasteiger partial charge on any atom is -0.258 e. The normalized spacial score (nSPS) is 19.0. The third kappa shape index (κ3) is 3.95. The predicted molar refractivity (Wildman–Crippen MR) is 101 cm³/mol. The van der Waals surface area contributed by atoms with Gasteiger partial charge in [0, 0.05) is 44.5 Å². The lowest BCUT2D eigenvalue weighted by Gasteiger charge is -2.33. The molecule has 0 radical (unpaired) electrons. The van der Waals surface area contributed by atoms with Gasteiger partial charge in [-0.2, -0.15) is 17.0 Å². The van der Waals surface area contributed by atoms with Gasteiger partial charge in [0.25, 0.3) is 10.2 Å². The number of aryl methyl sites for hydroxylation is 1. The van der Waals surface area contributed by atoms with E-state index >= 15 is 0 Å². The number of hydrogen-bond donors (Lipinski definition) is 0. The number of piperidine rings is 1. The van der Waals surface area contributed by atoms with Crippen LogP contribution in [0.2, 0.25) is 0 Å². The number of benzene rings is 1. The Kier molecular flexibility index (Phi) is 5.41. The summed E-state index contributed by atoms with van der Waals surface area (Å²) in [5.41, 5.74) is 3.66. The molecule has 26 heavy (non-hydrogen) atoms. The van der Waals surface area contributed by atoms with Crippen molar-refractivity contribution >= 4 is 10.2 Å². The summed E-state index contributed by atoms with van der Waals surface area (Å²) in [7, 11) is -0.317. The van der Waals surface area contributed by atoms with Crippen LogP contribution in [0.4, 0.5) is 4.39 Å². The van der Waals surface area contributed by atoms with E-state index in [1.165, 1.54) is 20.7 Å². The SMILES string of the molecule is Cc1cc(-c2ccc(F)cc2)cc([C@H]2CCCN(S(=O)(=O)N(C)C)C2)n1. The molecule has 2 aromatic rings. The zero-order chi connectivity index (χ0) is 18.9. The van der Waals surface area contributed by atoms with E-state index in [2.05, 4.69) is 4.98 Å². The van der Waals surface area contributed by atoms with Gasteiger partial charge in [0.1, 0.15) is 5.82 Å². The van der Waals surface area contributed by atoms with Gasteiger partial charge in [-0.05, 0) is 55.2 Å². The highest BCUT2D eigenvalue weighted by Crippen LogP contribution is 2.31. The van der Waals surface area contributed by atoms with Crippen molar-refractivity contribution in [2.24, 2.45) is 0 Å². The number of halogens is 1. The van der Waals surface area contributed by atoms with Gasteiger partial charge >= 0.3 is 0 Å². The number of pyridine rings is 1. The van der Waals surface area contributed by atoms with Crippen molar-refractivity contribution in [3.63, 3.8) is 0 Å². The second-order valence-electron chi connectivity index (χ2n) is 6.92. The fourth-order valence-electron chi connectivity index (χ4n) is 3.34. The highest BCUT2D eigenvalue weighted by molar-refractivity contribution is 7.86. The molecular weight excluding hydrogens is 353 g/mol. The van der Waals surface area contributed by atoms with Crippen LogP contribution in [0.15, 0.2) is 36.4 Å². The van der Waals surface area contributed by atoms with E-state index in [0.29, 0.717) is 13.1 Å². The zero-order valence-corrected chi connectivity index (χ0v) is 16.1. The largest absolute Gasteiger partial charge is 0.281 e. The van der Waals surface area contributed by atoms with E-state index in [0.717, 1.165) is 35.4 Å². The second-order valence-corrected chi connectivity index (χ2v) is 9.06. The Bertz CT molecular complexity index is 882. The van der Waals surface area contributed by atoms with Gasteiger partial charge in [-0.25, -0.2) is 4.39 Å². The van der Waals surface area contributed by atoms with Crippen LogP contribution in [0, 0.1) is 12.7 Å². The van der Waals surface area contributed by atoms with E-state index in [4.69, 9.17) is 0 Å². The highest BCUT2D eigenvalue weighted by atomic mass is 32.2. The van der Waals surface area contributed by atoms with Crippen molar-refractivity contribution in [1.29, 1.82) is 0 Å². The maximum absolute atomic E-state index is 13.2. The molecule has 0 N–H and O–H groups in total. The number of nitrogens with zero attached hydrogens (tertiary/aromatic N) is 3. The van der Waals surface area contributed by atoms with Gasteiger partial charge in [-0.15, -0.1) is 0 Å². The first-order valence-electron chi connectivity index (χ1n) is 8.69. The van der Waals surface area contributed by atoms with E-state index in [-0.39, 0.29) is 11.7 Å². The number of rotatable bonds is 4. The molecule has 7 heteroatoms. The molecule has 2 heterocycles. The van der Waals surface area contributed by atoms with Crippen molar-refractivity contribution in [3.05, 3.63) is 53.6 Å². The molecule has 1 atom stereocenters. The van der Waals surface area contributed by atoms with Gasteiger partial charge < -0.3 is 0 Å². The summed E-state index contributed by atoms with van der Waals surface area (Å²) in [4.78, 5) is 4.65. The summed E-state index contributed by atoms with van der Waals surface area (Å²) in [6.07, 6.45) is 1.71. The first-order chi connectivity index (χ1) is 12.3. The Hall–Kier alpha value is -1.83. The van der Waals surface area contributed by atoms with Crippen LogP contribution in [-0.4, -0.2) is 49.2 Å². The smallest absolute Gasteiger partial charge is 0.258 e. The van der Waals surface area contributed by atoms with Crippen LogP contribution in [-0.2, 0) is 10.2 Å². The van der Waals surface area contributed by atoms with Crippen molar-refractivity contribution in [3.8, 4) is 11.1 Å². The Morgan fingerprint density at radius 1 is 1.15 bits per heavy atom. The van der Waals surface area contributed by atoms with Crippen molar-refractivity contribution in [2.45, 2.75) is 25.7 Å². The van der Waals surface area contributed by atoms with Crippen molar-refractivity contribution in [2.75, 3.05) is 27.2 Å². The molecular formula is C19H24FN3O2S. The molecule has 0 amide bonds.